The molecule has 0 aliphatic carbocycles. The molecule has 32 heavy (non-hydrogen) atoms. The predicted molar refractivity (Wildman–Crippen MR) is 122 cm³/mol. The Morgan fingerprint density at radius 3 is 1.91 bits per heavy atom. The van der Waals surface area contributed by atoms with Crippen LogP contribution >= 0.6 is 0 Å². The Morgan fingerprint density at radius 2 is 1.34 bits per heavy atom. The minimum absolute atomic E-state index is 0.0278. The Morgan fingerprint density at radius 1 is 0.812 bits per heavy atom. The molecule has 3 aromatic carbocycles. The number of amides is 1. The van der Waals surface area contributed by atoms with Gasteiger partial charge in [0.1, 0.15) is 0 Å². The minimum Gasteiger partial charge on any atom is -0.478 e. The Balaban J connectivity index is 1.68. The summed E-state index contributed by atoms with van der Waals surface area (Å²) >= 11 is 0. The molecule has 0 atom stereocenters. The number of carbonyl (C=O) groups is 2. The largest absolute Gasteiger partial charge is 0.478 e. The van der Waals surface area contributed by atoms with Crippen molar-refractivity contribution in [3.63, 3.8) is 0 Å². The fourth-order valence-corrected chi connectivity index (χ4v) is 3.80. The molecule has 0 radical (unpaired) electrons. The standard InChI is InChI=1S/C23H21N3O5S/c1-15-3-5-18(6-4-15)22(27)25-24-16(2)17-9-13-21(14-10-17)32(30,31)26-20-11-7-19(8-12-20)23(28)29/h3-14,26H,1-2H3,(H,25,27)(H,28,29). The summed E-state index contributed by atoms with van der Waals surface area (Å²) in [7, 11) is -3.86. The first kappa shape index (κ1) is 22.7. The van der Waals surface area contributed by atoms with Crippen LogP contribution < -0.4 is 10.1 Å². The third-order valence-electron chi connectivity index (χ3n) is 4.61. The zero-order chi connectivity index (χ0) is 23.3. The lowest BCUT2D eigenvalue weighted by Crippen LogP contribution is -2.19. The van der Waals surface area contributed by atoms with Gasteiger partial charge in [-0.05, 0) is 67.9 Å². The number of hydrogen-bond acceptors (Lipinski definition) is 5. The van der Waals surface area contributed by atoms with Crippen molar-refractivity contribution in [2.75, 3.05) is 4.72 Å². The van der Waals surface area contributed by atoms with E-state index in [9.17, 15) is 18.0 Å². The second-order valence-corrected chi connectivity index (χ2v) is 8.70. The van der Waals surface area contributed by atoms with Gasteiger partial charge in [0.25, 0.3) is 15.9 Å². The molecular formula is C23H21N3O5S. The second kappa shape index (κ2) is 9.44. The maximum atomic E-state index is 12.6. The molecule has 0 unspecified atom stereocenters. The lowest BCUT2D eigenvalue weighted by Gasteiger charge is -2.09. The maximum Gasteiger partial charge on any atom is 0.335 e. The molecule has 0 aromatic heterocycles. The van der Waals surface area contributed by atoms with E-state index >= 15 is 0 Å². The molecule has 3 aromatic rings. The quantitative estimate of drug-likeness (QED) is 0.374. The topological polar surface area (TPSA) is 125 Å². The van der Waals surface area contributed by atoms with Crippen molar-refractivity contribution in [2.45, 2.75) is 18.7 Å². The van der Waals surface area contributed by atoms with Crippen LogP contribution in [0.2, 0.25) is 0 Å². The normalized spacial score (nSPS) is 11.6. The smallest absolute Gasteiger partial charge is 0.335 e. The third-order valence-corrected chi connectivity index (χ3v) is 6.00. The number of benzene rings is 3. The zero-order valence-electron chi connectivity index (χ0n) is 17.4. The number of carbonyl (C=O) groups excluding carboxylic acids is 1. The number of aromatic carboxylic acids is 1. The molecule has 9 heteroatoms. The van der Waals surface area contributed by atoms with Gasteiger partial charge in [0.2, 0.25) is 0 Å². The van der Waals surface area contributed by atoms with Gasteiger partial charge in [-0.15, -0.1) is 0 Å². The summed E-state index contributed by atoms with van der Waals surface area (Å²) in [4.78, 5) is 23.1. The maximum absolute atomic E-state index is 12.6. The van der Waals surface area contributed by atoms with Crippen LogP contribution in [0.5, 0.6) is 0 Å². The molecule has 3 N–H and O–H groups in total. The molecule has 0 aliphatic heterocycles. The van der Waals surface area contributed by atoms with E-state index in [1.165, 1.54) is 36.4 Å². The lowest BCUT2D eigenvalue weighted by molar-refractivity contribution is 0.0696. The number of carboxylic acid groups (broad SMARTS) is 1. The van der Waals surface area contributed by atoms with Crippen molar-refractivity contribution in [1.29, 1.82) is 0 Å². The fraction of sp³-hybridized carbons (Fsp3) is 0.0870. The van der Waals surface area contributed by atoms with E-state index in [4.69, 9.17) is 5.11 Å². The van der Waals surface area contributed by atoms with Gasteiger partial charge in [0.05, 0.1) is 16.2 Å². The highest BCUT2D eigenvalue weighted by Crippen LogP contribution is 2.18. The lowest BCUT2D eigenvalue weighted by atomic mass is 10.1. The van der Waals surface area contributed by atoms with E-state index in [-0.39, 0.29) is 22.1 Å². The van der Waals surface area contributed by atoms with Gasteiger partial charge in [-0.3, -0.25) is 9.52 Å². The van der Waals surface area contributed by atoms with Gasteiger partial charge < -0.3 is 5.11 Å². The summed E-state index contributed by atoms with van der Waals surface area (Å²) in [5.41, 5.74) is 5.46. The molecule has 0 fully saturated rings. The number of hydrazone groups is 1. The Bertz CT molecular complexity index is 1260. The van der Waals surface area contributed by atoms with Crippen molar-refractivity contribution < 1.29 is 23.1 Å². The molecule has 1 amide bonds. The van der Waals surface area contributed by atoms with E-state index in [2.05, 4.69) is 15.2 Å². The molecular weight excluding hydrogens is 430 g/mol. The van der Waals surface area contributed by atoms with Crippen LogP contribution in [0.1, 0.15) is 38.8 Å². The molecule has 0 saturated heterocycles. The monoisotopic (exact) mass is 451 g/mol. The van der Waals surface area contributed by atoms with Crippen molar-refractivity contribution in [1.82, 2.24) is 5.43 Å². The molecule has 0 saturated carbocycles. The third kappa shape index (κ3) is 5.58. The molecule has 164 valence electrons. The summed E-state index contributed by atoms with van der Waals surface area (Å²) in [6.07, 6.45) is 0. The van der Waals surface area contributed by atoms with Crippen molar-refractivity contribution >= 4 is 33.3 Å². The Kier molecular flexibility index (Phi) is 6.70. The van der Waals surface area contributed by atoms with Crippen LogP contribution in [0.3, 0.4) is 0 Å². The van der Waals surface area contributed by atoms with Gasteiger partial charge in [-0.1, -0.05) is 29.8 Å². The number of hydrogen-bond donors (Lipinski definition) is 3. The summed E-state index contributed by atoms with van der Waals surface area (Å²) in [5, 5.41) is 13.0. The molecule has 0 spiro atoms. The number of aryl methyl sites for hydroxylation is 1. The summed E-state index contributed by atoms with van der Waals surface area (Å²) in [5.74, 6) is -1.44. The van der Waals surface area contributed by atoms with Crippen LogP contribution in [0.25, 0.3) is 0 Å². The molecule has 0 heterocycles. The highest BCUT2D eigenvalue weighted by molar-refractivity contribution is 7.92. The highest BCUT2D eigenvalue weighted by atomic mass is 32.2. The molecule has 3 rings (SSSR count). The first-order valence-corrected chi connectivity index (χ1v) is 11.0. The molecule has 8 nitrogen and oxygen atoms in total. The average Bonchev–Trinajstić information content (AvgIpc) is 2.78. The van der Waals surface area contributed by atoms with E-state index in [1.54, 1.807) is 31.2 Å². The van der Waals surface area contributed by atoms with Gasteiger partial charge in [-0.25, -0.2) is 18.6 Å². The first-order chi connectivity index (χ1) is 15.2. The van der Waals surface area contributed by atoms with Crippen molar-refractivity contribution in [2.24, 2.45) is 5.10 Å². The van der Waals surface area contributed by atoms with Crippen molar-refractivity contribution in [3.05, 3.63) is 95.1 Å². The Hall–Kier alpha value is -3.98. The van der Waals surface area contributed by atoms with Crippen LogP contribution in [0.15, 0.2) is 82.8 Å². The number of nitrogens with zero attached hydrogens (tertiary/aromatic N) is 1. The van der Waals surface area contributed by atoms with Crippen LogP contribution in [0, 0.1) is 6.92 Å². The van der Waals surface area contributed by atoms with E-state index < -0.39 is 16.0 Å². The number of anilines is 1. The van der Waals surface area contributed by atoms with Gasteiger partial charge in [0, 0.05) is 11.3 Å². The van der Waals surface area contributed by atoms with Gasteiger partial charge in [-0.2, -0.15) is 5.10 Å². The molecule has 0 aliphatic rings. The minimum atomic E-state index is -3.86. The number of sulfonamides is 1. The van der Waals surface area contributed by atoms with E-state index in [1.807, 2.05) is 19.1 Å². The van der Waals surface area contributed by atoms with E-state index in [0.717, 1.165) is 5.56 Å². The van der Waals surface area contributed by atoms with Crippen LogP contribution in [-0.2, 0) is 10.0 Å². The average molecular weight is 452 g/mol. The van der Waals surface area contributed by atoms with Crippen LogP contribution in [-0.4, -0.2) is 31.1 Å². The predicted octanol–water partition coefficient (Wildman–Crippen LogP) is 3.65. The highest BCUT2D eigenvalue weighted by Gasteiger charge is 2.15. The SMILES string of the molecule is CC(=NNC(=O)c1ccc(C)cc1)c1ccc(S(=O)(=O)Nc2ccc(C(=O)O)cc2)cc1. The fourth-order valence-electron chi connectivity index (χ4n) is 2.74. The number of nitrogens with one attached hydrogen (secondary N) is 2. The number of carboxylic acids is 1. The zero-order valence-corrected chi connectivity index (χ0v) is 18.2. The van der Waals surface area contributed by atoms with Crippen LogP contribution in [0.4, 0.5) is 5.69 Å². The first-order valence-electron chi connectivity index (χ1n) is 9.53. The summed E-state index contributed by atoms with van der Waals surface area (Å²) in [6, 6.07) is 18.5. The van der Waals surface area contributed by atoms with Gasteiger partial charge >= 0.3 is 5.97 Å². The second-order valence-electron chi connectivity index (χ2n) is 7.02. The Labute approximate surface area is 185 Å². The van der Waals surface area contributed by atoms with Crippen molar-refractivity contribution in [3.8, 4) is 0 Å². The summed E-state index contributed by atoms with van der Waals surface area (Å²) < 4.78 is 27.6. The van der Waals surface area contributed by atoms with Gasteiger partial charge in [0.15, 0.2) is 0 Å². The van der Waals surface area contributed by atoms with E-state index in [0.29, 0.717) is 16.8 Å². The number of rotatable bonds is 7. The summed E-state index contributed by atoms with van der Waals surface area (Å²) in [6.45, 7) is 3.62. The molecule has 0 bridgehead atoms.